The third-order valence-corrected chi connectivity index (χ3v) is 2.75. The van der Waals surface area contributed by atoms with Crippen molar-refractivity contribution in [1.29, 1.82) is 0 Å². The summed E-state index contributed by atoms with van der Waals surface area (Å²) < 4.78 is 0. The summed E-state index contributed by atoms with van der Waals surface area (Å²) in [4.78, 5) is 11.2. The molecule has 104 valence electrons. The highest BCUT2D eigenvalue weighted by Crippen LogP contribution is 2.18. The van der Waals surface area contributed by atoms with Gasteiger partial charge in [0.2, 0.25) is 5.91 Å². The minimum Gasteiger partial charge on any atom is -0.339 e. The van der Waals surface area contributed by atoms with Crippen LogP contribution in [-0.4, -0.2) is 16.1 Å². The number of anilines is 3. The predicted molar refractivity (Wildman–Crippen MR) is 80.2 cm³/mol. The number of amides is 1. The van der Waals surface area contributed by atoms with E-state index < -0.39 is 0 Å². The van der Waals surface area contributed by atoms with Crippen LogP contribution in [0.4, 0.5) is 17.3 Å². The van der Waals surface area contributed by atoms with Crippen LogP contribution in [0.5, 0.6) is 0 Å². The Kier molecular flexibility index (Phi) is 4.30. The van der Waals surface area contributed by atoms with E-state index in [0.717, 1.165) is 5.69 Å². The van der Waals surface area contributed by atoms with Gasteiger partial charge in [-0.15, -0.1) is 10.2 Å². The summed E-state index contributed by atoms with van der Waals surface area (Å²) in [6.07, 6.45) is 0.421. The standard InChI is InChI=1S/C15H18N4O/c1-4-15(20)17-14-6-5-13(18-19-14)16-12-8-10(2)7-11(3)9-12/h5-9H,4H2,1-3H3,(H,16,18)(H,17,19,20). The van der Waals surface area contributed by atoms with E-state index in [9.17, 15) is 4.79 Å². The molecule has 5 heteroatoms. The summed E-state index contributed by atoms with van der Waals surface area (Å²) in [5.74, 6) is 1.03. The van der Waals surface area contributed by atoms with Gasteiger partial charge in [0.05, 0.1) is 0 Å². The Balaban J connectivity index is 2.08. The minimum absolute atomic E-state index is 0.0747. The van der Waals surface area contributed by atoms with Crippen molar-refractivity contribution in [3.05, 3.63) is 41.5 Å². The molecular weight excluding hydrogens is 252 g/mol. The highest BCUT2D eigenvalue weighted by Gasteiger charge is 2.02. The number of nitrogens with zero attached hydrogens (tertiary/aromatic N) is 2. The van der Waals surface area contributed by atoms with Gasteiger partial charge in [-0.3, -0.25) is 4.79 Å². The first kappa shape index (κ1) is 14.0. The number of carbonyl (C=O) groups excluding carboxylic acids is 1. The van der Waals surface area contributed by atoms with Gasteiger partial charge in [0.25, 0.3) is 0 Å². The molecule has 0 spiro atoms. The molecule has 1 amide bonds. The first-order chi connectivity index (χ1) is 9.56. The van der Waals surface area contributed by atoms with E-state index in [4.69, 9.17) is 0 Å². The normalized spacial score (nSPS) is 10.2. The number of rotatable bonds is 4. The van der Waals surface area contributed by atoms with Crippen molar-refractivity contribution in [2.24, 2.45) is 0 Å². The first-order valence-corrected chi connectivity index (χ1v) is 6.55. The average Bonchev–Trinajstić information content (AvgIpc) is 2.39. The van der Waals surface area contributed by atoms with Crippen molar-refractivity contribution in [3.63, 3.8) is 0 Å². The number of hydrogen-bond donors (Lipinski definition) is 2. The Labute approximate surface area is 118 Å². The molecule has 2 rings (SSSR count). The molecule has 0 radical (unpaired) electrons. The molecule has 0 atom stereocenters. The molecule has 0 fully saturated rings. The van der Waals surface area contributed by atoms with Crippen molar-refractivity contribution in [1.82, 2.24) is 10.2 Å². The maximum Gasteiger partial charge on any atom is 0.225 e. The van der Waals surface area contributed by atoms with E-state index in [2.05, 4.69) is 26.9 Å². The predicted octanol–water partition coefficient (Wildman–Crippen LogP) is 3.19. The van der Waals surface area contributed by atoms with E-state index >= 15 is 0 Å². The molecule has 0 aliphatic heterocycles. The maximum atomic E-state index is 11.2. The van der Waals surface area contributed by atoms with E-state index in [-0.39, 0.29) is 5.91 Å². The molecule has 5 nitrogen and oxygen atoms in total. The summed E-state index contributed by atoms with van der Waals surface area (Å²) >= 11 is 0. The second-order valence-corrected chi connectivity index (χ2v) is 4.71. The van der Waals surface area contributed by atoms with Gasteiger partial charge < -0.3 is 10.6 Å². The van der Waals surface area contributed by atoms with Crippen LogP contribution in [0.15, 0.2) is 30.3 Å². The Morgan fingerprint density at radius 1 is 1.05 bits per heavy atom. The molecule has 0 saturated carbocycles. The van der Waals surface area contributed by atoms with E-state index in [0.29, 0.717) is 18.1 Å². The third-order valence-electron chi connectivity index (χ3n) is 2.75. The van der Waals surface area contributed by atoms with Crippen LogP contribution in [0, 0.1) is 13.8 Å². The zero-order chi connectivity index (χ0) is 14.5. The number of nitrogens with one attached hydrogen (secondary N) is 2. The summed E-state index contributed by atoms with van der Waals surface area (Å²) in [5.41, 5.74) is 3.35. The van der Waals surface area contributed by atoms with Gasteiger partial charge in [-0.25, -0.2) is 0 Å². The quantitative estimate of drug-likeness (QED) is 0.895. The van der Waals surface area contributed by atoms with Gasteiger partial charge in [-0.1, -0.05) is 13.0 Å². The third kappa shape index (κ3) is 3.78. The molecule has 0 unspecified atom stereocenters. The van der Waals surface area contributed by atoms with Gasteiger partial charge in [-0.2, -0.15) is 0 Å². The van der Waals surface area contributed by atoms with Crippen molar-refractivity contribution in [3.8, 4) is 0 Å². The lowest BCUT2D eigenvalue weighted by atomic mass is 10.1. The highest BCUT2D eigenvalue weighted by atomic mass is 16.1. The first-order valence-electron chi connectivity index (χ1n) is 6.55. The highest BCUT2D eigenvalue weighted by molar-refractivity contribution is 5.89. The number of aryl methyl sites for hydroxylation is 2. The minimum atomic E-state index is -0.0747. The topological polar surface area (TPSA) is 66.9 Å². The van der Waals surface area contributed by atoms with Gasteiger partial charge in [-0.05, 0) is 49.2 Å². The Hall–Kier alpha value is -2.43. The largest absolute Gasteiger partial charge is 0.339 e. The van der Waals surface area contributed by atoms with Crippen molar-refractivity contribution >= 4 is 23.2 Å². The molecule has 0 aliphatic carbocycles. The zero-order valence-corrected chi connectivity index (χ0v) is 11.9. The van der Waals surface area contributed by atoms with Crippen molar-refractivity contribution in [2.45, 2.75) is 27.2 Å². The SMILES string of the molecule is CCC(=O)Nc1ccc(Nc2cc(C)cc(C)c2)nn1. The fraction of sp³-hybridized carbons (Fsp3) is 0.267. The van der Waals surface area contributed by atoms with Gasteiger partial charge in [0.15, 0.2) is 11.6 Å². The summed E-state index contributed by atoms with van der Waals surface area (Å²) in [6, 6.07) is 9.71. The van der Waals surface area contributed by atoms with Crippen molar-refractivity contribution < 1.29 is 4.79 Å². The van der Waals surface area contributed by atoms with Gasteiger partial charge >= 0.3 is 0 Å². The molecule has 1 aromatic carbocycles. The Morgan fingerprint density at radius 2 is 1.65 bits per heavy atom. The van der Waals surface area contributed by atoms with Crippen LogP contribution >= 0.6 is 0 Å². The van der Waals surface area contributed by atoms with Crippen LogP contribution in [-0.2, 0) is 4.79 Å². The summed E-state index contributed by atoms with van der Waals surface area (Å²) in [6.45, 7) is 5.89. The van der Waals surface area contributed by atoms with Gasteiger partial charge in [0, 0.05) is 12.1 Å². The van der Waals surface area contributed by atoms with E-state index in [1.165, 1.54) is 11.1 Å². The second-order valence-electron chi connectivity index (χ2n) is 4.71. The Morgan fingerprint density at radius 3 is 2.20 bits per heavy atom. The number of carbonyl (C=O) groups is 1. The summed E-state index contributed by atoms with van der Waals surface area (Å²) in [7, 11) is 0. The molecule has 20 heavy (non-hydrogen) atoms. The fourth-order valence-electron chi connectivity index (χ4n) is 1.89. The Bertz CT molecular complexity index is 588. The van der Waals surface area contributed by atoms with Crippen LogP contribution < -0.4 is 10.6 Å². The number of benzene rings is 1. The molecule has 1 aromatic heterocycles. The van der Waals surface area contributed by atoms with Crippen LogP contribution in [0.1, 0.15) is 24.5 Å². The maximum absolute atomic E-state index is 11.2. The molecule has 2 aromatic rings. The molecule has 0 bridgehead atoms. The molecule has 1 heterocycles. The molecule has 0 saturated heterocycles. The lowest BCUT2D eigenvalue weighted by Gasteiger charge is -2.08. The van der Waals surface area contributed by atoms with E-state index in [1.54, 1.807) is 19.1 Å². The zero-order valence-electron chi connectivity index (χ0n) is 11.9. The van der Waals surface area contributed by atoms with Crippen LogP contribution in [0.3, 0.4) is 0 Å². The molecule has 2 N–H and O–H groups in total. The number of aromatic nitrogens is 2. The van der Waals surface area contributed by atoms with Crippen LogP contribution in [0.25, 0.3) is 0 Å². The van der Waals surface area contributed by atoms with Gasteiger partial charge in [0.1, 0.15) is 0 Å². The second kappa shape index (κ2) is 6.14. The molecular formula is C15H18N4O. The van der Waals surface area contributed by atoms with E-state index in [1.807, 2.05) is 26.0 Å². The smallest absolute Gasteiger partial charge is 0.225 e. The summed E-state index contributed by atoms with van der Waals surface area (Å²) in [5, 5.41) is 13.9. The lowest BCUT2D eigenvalue weighted by molar-refractivity contribution is -0.115. The monoisotopic (exact) mass is 270 g/mol. The fourth-order valence-corrected chi connectivity index (χ4v) is 1.89. The van der Waals surface area contributed by atoms with Crippen molar-refractivity contribution in [2.75, 3.05) is 10.6 Å². The average molecular weight is 270 g/mol. The number of hydrogen-bond acceptors (Lipinski definition) is 4. The van der Waals surface area contributed by atoms with Crippen LogP contribution in [0.2, 0.25) is 0 Å². The molecule has 0 aliphatic rings. The lowest BCUT2D eigenvalue weighted by Crippen LogP contribution is -2.11.